The number of guanidine groups is 1. The Morgan fingerprint density at radius 2 is 1.95 bits per heavy atom. The summed E-state index contributed by atoms with van der Waals surface area (Å²) in [5.74, 6) is 0.321. The molecule has 4 heterocycles. The van der Waals surface area contributed by atoms with Crippen LogP contribution in [0.4, 0.5) is 13.2 Å². The SMILES string of the molecule is CN(C1CCC1)C1CC(C2=CC3NC(=NC4CC(CN5CCN(C(=O)CC(F)(F)F)CC5)CC=N4)NC3CC2)=NC=N1. The average Bonchev–Trinajstić information content (AvgIpc) is 3.33. The molecule has 5 atom stereocenters. The van der Waals surface area contributed by atoms with Gasteiger partial charge in [0.05, 0.1) is 12.1 Å². The van der Waals surface area contributed by atoms with E-state index in [4.69, 9.17) is 4.99 Å². The molecule has 6 aliphatic rings. The Hall–Kier alpha value is -2.80. The van der Waals surface area contributed by atoms with Gasteiger partial charge in [0.1, 0.15) is 25.1 Å². The molecule has 10 nitrogen and oxygen atoms in total. The molecule has 6 rings (SSSR count). The lowest BCUT2D eigenvalue weighted by Crippen LogP contribution is -2.50. The Labute approximate surface area is 245 Å². The summed E-state index contributed by atoms with van der Waals surface area (Å²) < 4.78 is 37.7. The van der Waals surface area contributed by atoms with Crippen LogP contribution in [0.2, 0.25) is 0 Å². The van der Waals surface area contributed by atoms with Gasteiger partial charge in [-0.3, -0.25) is 24.6 Å². The van der Waals surface area contributed by atoms with Crippen LogP contribution >= 0.6 is 0 Å². The molecule has 5 unspecified atom stereocenters. The van der Waals surface area contributed by atoms with Gasteiger partial charge in [0.15, 0.2) is 5.96 Å². The number of aliphatic imine (C=N–C) groups is 4. The number of allylic oxidation sites excluding steroid dienone is 1. The van der Waals surface area contributed by atoms with Gasteiger partial charge in [-0.25, -0.2) is 9.98 Å². The van der Waals surface area contributed by atoms with Crippen molar-refractivity contribution in [1.29, 1.82) is 0 Å². The van der Waals surface area contributed by atoms with Crippen molar-refractivity contribution in [1.82, 2.24) is 25.3 Å². The predicted molar refractivity (Wildman–Crippen MR) is 157 cm³/mol. The van der Waals surface area contributed by atoms with Gasteiger partial charge in [0, 0.05) is 57.1 Å². The van der Waals surface area contributed by atoms with Crippen LogP contribution in [0.15, 0.2) is 31.6 Å². The molecule has 13 heteroatoms. The van der Waals surface area contributed by atoms with Gasteiger partial charge in [-0.2, -0.15) is 13.2 Å². The summed E-state index contributed by atoms with van der Waals surface area (Å²) in [5, 5.41) is 7.14. The van der Waals surface area contributed by atoms with E-state index in [1.807, 2.05) is 6.21 Å². The molecule has 2 saturated heterocycles. The molecule has 2 aliphatic carbocycles. The van der Waals surface area contributed by atoms with Crippen LogP contribution in [-0.4, -0.2) is 121 Å². The monoisotopic (exact) mass is 589 g/mol. The molecule has 0 aromatic heterocycles. The number of carbonyl (C=O) groups excluding carboxylic acids is 1. The summed E-state index contributed by atoms with van der Waals surface area (Å²) in [7, 11) is 2.19. The first-order chi connectivity index (χ1) is 20.2. The van der Waals surface area contributed by atoms with E-state index in [0.717, 1.165) is 50.3 Å². The Kier molecular flexibility index (Phi) is 8.67. The number of alkyl halides is 3. The van der Waals surface area contributed by atoms with Crippen LogP contribution < -0.4 is 10.6 Å². The van der Waals surface area contributed by atoms with Crippen LogP contribution in [0.5, 0.6) is 0 Å². The summed E-state index contributed by atoms with van der Waals surface area (Å²) in [6.45, 7) is 2.68. The van der Waals surface area contributed by atoms with E-state index in [2.05, 4.69) is 48.5 Å². The lowest BCUT2D eigenvalue weighted by atomic mass is 9.87. The highest BCUT2D eigenvalue weighted by Gasteiger charge is 2.37. The van der Waals surface area contributed by atoms with Crippen LogP contribution in [0.1, 0.15) is 57.8 Å². The van der Waals surface area contributed by atoms with E-state index in [1.165, 1.54) is 29.7 Å². The molecule has 1 saturated carbocycles. The minimum atomic E-state index is -4.46. The summed E-state index contributed by atoms with van der Waals surface area (Å²) in [6, 6.07) is 1.10. The minimum Gasteiger partial charge on any atom is -0.351 e. The summed E-state index contributed by atoms with van der Waals surface area (Å²) in [5.41, 5.74) is 2.46. The summed E-state index contributed by atoms with van der Waals surface area (Å²) in [4.78, 5) is 36.8. The van der Waals surface area contributed by atoms with Gasteiger partial charge < -0.3 is 15.5 Å². The van der Waals surface area contributed by atoms with Crippen molar-refractivity contribution in [3.63, 3.8) is 0 Å². The molecule has 0 aromatic rings. The Bertz CT molecular complexity index is 1150. The van der Waals surface area contributed by atoms with Crippen molar-refractivity contribution in [2.75, 3.05) is 39.8 Å². The number of halogens is 3. The van der Waals surface area contributed by atoms with Gasteiger partial charge in [-0.15, -0.1) is 0 Å². The smallest absolute Gasteiger partial charge is 0.351 e. The topological polar surface area (TPSA) is 100 Å². The number of amides is 1. The molecule has 2 N–H and O–H groups in total. The van der Waals surface area contributed by atoms with Crippen molar-refractivity contribution >= 4 is 30.1 Å². The molecule has 0 radical (unpaired) electrons. The van der Waals surface area contributed by atoms with Crippen molar-refractivity contribution in [2.24, 2.45) is 25.9 Å². The quantitative estimate of drug-likeness (QED) is 0.476. The van der Waals surface area contributed by atoms with Gasteiger partial charge in [0.25, 0.3) is 0 Å². The number of hydrogen-bond donors (Lipinski definition) is 2. The van der Waals surface area contributed by atoms with Crippen LogP contribution in [0, 0.1) is 5.92 Å². The molecule has 1 amide bonds. The zero-order valence-corrected chi connectivity index (χ0v) is 24.3. The second kappa shape index (κ2) is 12.4. The Balaban J connectivity index is 0.984. The number of fused-ring (bicyclic) bond motifs is 1. The molecule has 3 fully saturated rings. The number of carbonyl (C=O) groups is 1. The third-order valence-corrected chi connectivity index (χ3v) is 9.62. The number of rotatable bonds is 7. The summed E-state index contributed by atoms with van der Waals surface area (Å²) in [6.07, 6.45) is 8.53. The van der Waals surface area contributed by atoms with Gasteiger partial charge >= 0.3 is 6.18 Å². The molecule has 0 spiro atoms. The van der Waals surface area contributed by atoms with Crippen LogP contribution in [-0.2, 0) is 4.79 Å². The van der Waals surface area contributed by atoms with Crippen molar-refractivity contribution in [3.05, 3.63) is 11.6 Å². The lowest BCUT2D eigenvalue weighted by Gasteiger charge is -2.39. The predicted octanol–water partition coefficient (Wildman–Crippen LogP) is 2.58. The highest BCUT2D eigenvalue weighted by Crippen LogP contribution is 2.30. The van der Waals surface area contributed by atoms with E-state index in [-0.39, 0.29) is 18.4 Å². The van der Waals surface area contributed by atoms with E-state index >= 15 is 0 Å². The first-order valence-electron chi connectivity index (χ1n) is 15.4. The average molecular weight is 590 g/mol. The maximum atomic E-state index is 12.6. The highest BCUT2D eigenvalue weighted by molar-refractivity contribution is 6.05. The number of hydrogen-bond acceptors (Lipinski definition) is 7. The van der Waals surface area contributed by atoms with E-state index < -0.39 is 18.5 Å². The standard InChI is InChI=1S/C29H42F3N9O/c1-39(21-3-2-4-21)26-15-23(34-18-35-26)20-5-6-22-24(14-20)37-28(36-22)38-25-13-19(7-8-33-25)17-40-9-11-41(12-10-40)27(42)16-29(30,31)32/h8,14,18-19,21-22,24-26H,2-7,9-13,15-17H2,1H3,(H2,36,37,38). The number of nitrogens with one attached hydrogen (secondary N) is 2. The number of nitrogens with zero attached hydrogens (tertiary/aromatic N) is 7. The lowest BCUT2D eigenvalue weighted by molar-refractivity contribution is -0.162. The largest absolute Gasteiger partial charge is 0.397 e. The van der Waals surface area contributed by atoms with E-state index in [1.54, 1.807) is 6.34 Å². The number of piperazine rings is 1. The molecule has 0 bridgehead atoms. The molecule has 42 heavy (non-hydrogen) atoms. The van der Waals surface area contributed by atoms with Gasteiger partial charge in [-0.1, -0.05) is 12.5 Å². The third-order valence-electron chi connectivity index (χ3n) is 9.62. The zero-order valence-electron chi connectivity index (χ0n) is 24.3. The summed E-state index contributed by atoms with van der Waals surface area (Å²) >= 11 is 0. The molecular weight excluding hydrogens is 547 g/mol. The van der Waals surface area contributed by atoms with Crippen molar-refractivity contribution in [2.45, 2.75) is 94.4 Å². The van der Waals surface area contributed by atoms with Crippen LogP contribution in [0.3, 0.4) is 0 Å². The third kappa shape index (κ3) is 7.04. The highest BCUT2D eigenvalue weighted by atomic mass is 19.4. The Morgan fingerprint density at radius 1 is 1.14 bits per heavy atom. The van der Waals surface area contributed by atoms with E-state index in [0.29, 0.717) is 44.2 Å². The van der Waals surface area contributed by atoms with Gasteiger partial charge in [-0.05, 0) is 57.1 Å². The fourth-order valence-electron chi connectivity index (χ4n) is 6.86. The normalized spacial score (nSPS) is 33.1. The van der Waals surface area contributed by atoms with Crippen molar-refractivity contribution < 1.29 is 18.0 Å². The maximum Gasteiger partial charge on any atom is 0.397 e. The molecule has 4 aliphatic heterocycles. The fraction of sp³-hybridized carbons (Fsp3) is 0.759. The first-order valence-corrected chi connectivity index (χ1v) is 15.4. The fourth-order valence-corrected chi connectivity index (χ4v) is 6.86. The molecular formula is C29H42F3N9O. The van der Waals surface area contributed by atoms with E-state index in [9.17, 15) is 18.0 Å². The first kappa shape index (κ1) is 29.3. The second-order valence-corrected chi connectivity index (χ2v) is 12.5. The minimum absolute atomic E-state index is 0.164. The molecule has 0 aromatic carbocycles. The van der Waals surface area contributed by atoms with Crippen molar-refractivity contribution in [3.8, 4) is 0 Å². The molecule has 230 valence electrons. The van der Waals surface area contributed by atoms with Gasteiger partial charge in [0.2, 0.25) is 5.91 Å². The van der Waals surface area contributed by atoms with Crippen LogP contribution in [0.25, 0.3) is 0 Å². The maximum absolute atomic E-state index is 12.6. The second-order valence-electron chi connectivity index (χ2n) is 12.5. The zero-order chi connectivity index (χ0) is 29.3. The Morgan fingerprint density at radius 3 is 2.69 bits per heavy atom.